The zero-order valence-corrected chi connectivity index (χ0v) is 18.9. The normalized spacial score (nSPS) is 27.4. The van der Waals surface area contributed by atoms with E-state index in [9.17, 15) is 4.79 Å². The maximum absolute atomic E-state index is 12.6. The first kappa shape index (κ1) is 24.4. The Labute approximate surface area is 187 Å². The molecule has 3 aliphatic heterocycles. The van der Waals surface area contributed by atoms with Crippen LogP contribution in [-0.2, 0) is 9.53 Å². The van der Waals surface area contributed by atoms with E-state index in [1.54, 1.807) is 0 Å². The molecule has 4 rings (SSSR count). The Morgan fingerprint density at radius 1 is 1.14 bits per heavy atom. The predicted molar refractivity (Wildman–Crippen MR) is 121 cm³/mol. The van der Waals surface area contributed by atoms with Crippen molar-refractivity contribution in [3.05, 3.63) is 35.4 Å². The van der Waals surface area contributed by atoms with Crippen LogP contribution in [0.3, 0.4) is 0 Å². The van der Waals surface area contributed by atoms with Crippen LogP contribution in [0.5, 0.6) is 0 Å². The molecular weight excluding hydrogens is 409 g/mol. The predicted octanol–water partition coefficient (Wildman–Crippen LogP) is 3.25. The number of piperidine rings is 1. The number of carbonyl (C=O) groups is 1. The Balaban J connectivity index is 0.00000150. The van der Waals surface area contributed by atoms with Gasteiger partial charge in [0.25, 0.3) is 0 Å². The number of ether oxygens (including phenoxy) is 1. The fraction of sp³-hybridized carbons (Fsp3) is 0.682. The molecule has 5 nitrogen and oxygen atoms in total. The highest BCUT2D eigenvalue weighted by atomic mass is 35.5. The lowest BCUT2D eigenvalue weighted by atomic mass is 9.89. The van der Waals surface area contributed by atoms with Crippen molar-refractivity contribution in [3.63, 3.8) is 0 Å². The van der Waals surface area contributed by atoms with Gasteiger partial charge in [-0.05, 0) is 44.1 Å². The number of aryl methyl sites for hydroxylation is 1. The van der Waals surface area contributed by atoms with Crippen LogP contribution in [0.25, 0.3) is 0 Å². The number of nitrogens with zero attached hydrogens (tertiary/aromatic N) is 1. The van der Waals surface area contributed by atoms with Gasteiger partial charge < -0.3 is 15.4 Å². The molecule has 0 aromatic heterocycles. The molecule has 3 heterocycles. The number of carbonyl (C=O) groups excluding carboxylic acids is 1. The van der Waals surface area contributed by atoms with Crippen LogP contribution in [0.4, 0.5) is 0 Å². The first-order chi connectivity index (χ1) is 13.2. The maximum Gasteiger partial charge on any atom is 0.220 e. The average Bonchev–Trinajstić information content (AvgIpc) is 3.02. The lowest BCUT2D eigenvalue weighted by Crippen LogP contribution is -2.44. The third-order valence-electron chi connectivity index (χ3n) is 6.49. The van der Waals surface area contributed by atoms with Gasteiger partial charge in [0.15, 0.2) is 0 Å². The first-order valence-electron chi connectivity index (χ1n) is 10.6. The van der Waals surface area contributed by atoms with Crippen molar-refractivity contribution >= 4 is 30.7 Å². The lowest BCUT2D eigenvalue weighted by Gasteiger charge is -2.35. The summed E-state index contributed by atoms with van der Waals surface area (Å²) >= 11 is 0. The Bertz CT molecular complexity index is 625. The van der Waals surface area contributed by atoms with Crippen molar-refractivity contribution in [2.75, 3.05) is 32.8 Å². The van der Waals surface area contributed by atoms with Crippen LogP contribution in [0.2, 0.25) is 0 Å². The van der Waals surface area contributed by atoms with E-state index in [0.717, 1.165) is 39.1 Å². The van der Waals surface area contributed by atoms with E-state index in [1.165, 1.54) is 24.0 Å². The molecule has 3 unspecified atom stereocenters. The second-order valence-electron chi connectivity index (χ2n) is 8.56. The van der Waals surface area contributed by atoms with Crippen LogP contribution in [0.1, 0.15) is 49.3 Å². The smallest absolute Gasteiger partial charge is 0.220 e. The van der Waals surface area contributed by atoms with Crippen molar-refractivity contribution < 1.29 is 9.53 Å². The summed E-state index contributed by atoms with van der Waals surface area (Å²) in [6.07, 6.45) is 5.58. The fourth-order valence-corrected chi connectivity index (χ4v) is 5.02. The van der Waals surface area contributed by atoms with Gasteiger partial charge in [-0.15, -0.1) is 24.8 Å². The van der Waals surface area contributed by atoms with E-state index in [2.05, 4.69) is 46.7 Å². The number of benzene rings is 1. The highest BCUT2D eigenvalue weighted by Crippen LogP contribution is 2.32. The van der Waals surface area contributed by atoms with E-state index in [4.69, 9.17) is 4.74 Å². The molecule has 0 saturated carbocycles. The summed E-state index contributed by atoms with van der Waals surface area (Å²) in [7, 11) is 0. The molecule has 1 amide bonds. The minimum absolute atomic E-state index is 0. The highest BCUT2D eigenvalue weighted by Gasteiger charge is 2.34. The largest absolute Gasteiger partial charge is 0.379 e. The quantitative estimate of drug-likeness (QED) is 0.708. The minimum Gasteiger partial charge on any atom is -0.379 e. The summed E-state index contributed by atoms with van der Waals surface area (Å²) in [5, 5.41) is 6.91. The van der Waals surface area contributed by atoms with E-state index in [1.807, 2.05) is 0 Å². The zero-order valence-electron chi connectivity index (χ0n) is 17.3. The van der Waals surface area contributed by atoms with Crippen LogP contribution < -0.4 is 10.6 Å². The van der Waals surface area contributed by atoms with Crippen LogP contribution in [0.15, 0.2) is 24.3 Å². The topological polar surface area (TPSA) is 53.6 Å². The second-order valence-corrected chi connectivity index (χ2v) is 8.56. The summed E-state index contributed by atoms with van der Waals surface area (Å²) in [5.74, 6) is 0.761. The van der Waals surface area contributed by atoms with Crippen molar-refractivity contribution in [2.24, 2.45) is 5.92 Å². The SMILES string of the molecule is Cc1ccc(C(CNC(=O)CC2CC3CCC(C2)N3)N2CCOCC2)cc1.Cl.Cl. The Hall–Kier alpha value is -0.850. The zero-order chi connectivity index (χ0) is 18.6. The molecule has 0 radical (unpaired) electrons. The maximum atomic E-state index is 12.6. The molecule has 164 valence electrons. The summed E-state index contributed by atoms with van der Waals surface area (Å²) < 4.78 is 5.52. The van der Waals surface area contributed by atoms with Crippen molar-refractivity contribution in [1.29, 1.82) is 0 Å². The van der Waals surface area contributed by atoms with Crippen LogP contribution >= 0.6 is 24.8 Å². The van der Waals surface area contributed by atoms with Crippen molar-refractivity contribution in [1.82, 2.24) is 15.5 Å². The molecule has 3 aliphatic rings. The summed E-state index contributed by atoms with van der Waals surface area (Å²) in [6, 6.07) is 10.2. The first-order valence-corrected chi connectivity index (χ1v) is 10.6. The third kappa shape index (κ3) is 6.56. The number of amides is 1. The molecule has 1 aromatic carbocycles. The molecule has 0 spiro atoms. The molecule has 3 atom stereocenters. The number of hydrogen-bond acceptors (Lipinski definition) is 4. The van der Waals surface area contributed by atoms with Crippen molar-refractivity contribution in [2.45, 2.75) is 57.2 Å². The molecule has 29 heavy (non-hydrogen) atoms. The van der Waals surface area contributed by atoms with E-state index in [0.29, 0.717) is 31.0 Å². The summed E-state index contributed by atoms with van der Waals surface area (Å²) in [6.45, 7) is 6.18. The van der Waals surface area contributed by atoms with Gasteiger partial charge in [-0.3, -0.25) is 9.69 Å². The monoisotopic (exact) mass is 443 g/mol. The minimum atomic E-state index is 0. The Kier molecular flexibility index (Phi) is 9.70. The van der Waals surface area contributed by atoms with E-state index < -0.39 is 0 Å². The third-order valence-corrected chi connectivity index (χ3v) is 6.49. The molecule has 1 aromatic rings. The molecule has 0 aliphatic carbocycles. The molecule has 2 N–H and O–H groups in total. The number of rotatable bonds is 6. The Morgan fingerprint density at radius 2 is 1.76 bits per heavy atom. The highest BCUT2D eigenvalue weighted by molar-refractivity contribution is 5.85. The van der Waals surface area contributed by atoms with Gasteiger partial charge in [-0.2, -0.15) is 0 Å². The van der Waals surface area contributed by atoms with Gasteiger partial charge in [0.1, 0.15) is 0 Å². The fourth-order valence-electron chi connectivity index (χ4n) is 5.02. The van der Waals surface area contributed by atoms with Gasteiger partial charge >= 0.3 is 0 Å². The van der Waals surface area contributed by atoms with E-state index in [-0.39, 0.29) is 36.8 Å². The molecule has 2 bridgehead atoms. The molecule has 7 heteroatoms. The van der Waals surface area contributed by atoms with E-state index >= 15 is 0 Å². The number of fused-ring (bicyclic) bond motifs is 2. The van der Waals surface area contributed by atoms with Gasteiger partial charge in [0, 0.05) is 38.1 Å². The number of halogens is 2. The molecular formula is C22H35Cl2N3O2. The second kappa shape index (κ2) is 11.5. The number of morpholine rings is 1. The van der Waals surface area contributed by atoms with Gasteiger partial charge in [0.05, 0.1) is 19.3 Å². The van der Waals surface area contributed by atoms with Crippen LogP contribution in [-0.4, -0.2) is 55.7 Å². The van der Waals surface area contributed by atoms with Crippen LogP contribution in [0, 0.1) is 12.8 Å². The summed E-state index contributed by atoms with van der Waals surface area (Å²) in [5.41, 5.74) is 2.55. The average molecular weight is 444 g/mol. The van der Waals surface area contributed by atoms with Gasteiger partial charge in [0.2, 0.25) is 5.91 Å². The number of nitrogens with one attached hydrogen (secondary N) is 2. The molecule has 3 fully saturated rings. The lowest BCUT2D eigenvalue weighted by molar-refractivity contribution is -0.122. The van der Waals surface area contributed by atoms with Gasteiger partial charge in [-0.1, -0.05) is 29.8 Å². The molecule has 3 saturated heterocycles. The summed E-state index contributed by atoms with van der Waals surface area (Å²) in [4.78, 5) is 15.1. The standard InChI is InChI=1S/C22H33N3O2.2ClH/c1-16-2-4-18(5-3-16)21(25-8-10-27-11-9-25)15-23-22(26)14-17-12-19-6-7-20(13-17)24-19;;/h2-5,17,19-21,24H,6-15H2,1H3,(H,23,26);2*1H. The Morgan fingerprint density at radius 3 is 2.38 bits per heavy atom. The van der Waals surface area contributed by atoms with Crippen molar-refractivity contribution in [3.8, 4) is 0 Å². The number of hydrogen-bond donors (Lipinski definition) is 2. The van der Waals surface area contributed by atoms with Gasteiger partial charge in [-0.25, -0.2) is 0 Å².